The number of aldehydes is 1. The molecule has 1 heterocycles. The van der Waals surface area contributed by atoms with Gasteiger partial charge in [-0.05, 0) is 87.2 Å². The van der Waals surface area contributed by atoms with Crippen LogP contribution in [0.3, 0.4) is 0 Å². The summed E-state index contributed by atoms with van der Waals surface area (Å²) in [6, 6.07) is 4.02. The van der Waals surface area contributed by atoms with Gasteiger partial charge in [0.05, 0.1) is 11.0 Å². The summed E-state index contributed by atoms with van der Waals surface area (Å²) in [5, 5.41) is 10.8. The van der Waals surface area contributed by atoms with Crippen molar-refractivity contribution in [1.82, 2.24) is 0 Å². The predicted molar refractivity (Wildman–Crippen MR) is 110 cm³/mol. The molecule has 0 aromatic carbocycles. The van der Waals surface area contributed by atoms with Gasteiger partial charge in [-0.1, -0.05) is 19.8 Å². The van der Waals surface area contributed by atoms with Gasteiger partial charge in [0.2, 0.25) is 0 Å². The molecule has 26 heavy (non-hydrogen) atoms. The Bertz CT molecular complexity index is 580. The highest BCUT2D eigenvalue weighted by molar-refractivity contribution is 7.13. The normalized spacial score (nSPS) is 28.7. The molecule has 4 heteroatoms. The number of aliphatic hydroxyl groups is 1. The lowest BCUT2D eigenvalue weighted by molar-refractivity contribution is -0.0266. The molecule has 1 aromatic rings. The van der Waals surface area contributed by atoms with Crippen LogP contribution in [0.5, 0.6) is 0 Å². The first-order chi connectivity index (χ1) is 12.5. The molecule has 2 aliphatic carbocycles. The van der Waals surface area contributed by atoms with E-state index in [-0.39, 0.29) is 11.5 Å². The molecule has 3 unspecified atom stereocenters. The number of aryl methyl sites for hydroxylation is 1. The van der Waals surface area contributed by atoms with Gasteiger partial charge in [0, 0.05) is 10.3 Å². The Balaban J connectivity index is 1.39. The van der Waals surface area contributed by atoms with Crippen molar-refractivity contribution in [3.8, 4) is 0 Å². The fourth-order valence-electron chi connectivity index (χ4n) is 4.97. The van der Waals surface area contributed by atoms with Crippen molar-refractivity contribution in [1.29, 1.82) is 0 Å². The lowest BCUT2D eigenvalue weighted by atomic mass is 9.65. The van der Waals surface area contributed by atoms with Crippen LogP contribution in [0.15, 0.2) is 12.1 Å². The van der Waals surface area contributed by atoms with E-state index >= 15 is 0 Å². The van der Waals surface area contributed by atoms with Crippen LogP contribution in [0.1, 0.15) is 85.7 Å². The van der Waals surface area contributed by atoms with Gasteiger partial charge in [0.1, 0.15) is 0 Å². The van der Waals surface area contributed by atoms with Gasteiger partial charge in [-0.3, -0.25) is 4.79 Å². The molecule has 0 amide bonds. The standard InChI is InChI=1S/C22H33ClO2S/c1-22(13-4-14-22)21(25)8-3-7-19-16(9-12-20(19)23)5-2-6-17-10-11-18(15-24)26-17/h10-11,15-16,19-21,25H,2-9,12-14H2,1H3/t16-,19?,20?,21?/m0/s1. The molecule has 0 saturated heterocycles. The predicted octanol–water partition coefficient (Wildman–Crippen LogP) is 6.24. The van der Waals surface area contributed by atoms with Crippen molar-refractivity contribution >= 4 is 29.2 Å². The van der Waals surface area contributed by atoms with E-state index in [1.54, 1.807) is 11.3 Å². The summed E-state index contributed by atoms with van der Waals surface area (Å²) >= 11 is 8.26. The number of aliphatic hydroxyl groups excluding tert-OH is 1. The van der Waals surface area contributed by atoms with Crippen LogP contribution in [0.4, 0.5) is 0 Å². The summed E-state index contributed by atoms with van der Waals surface area (Å²) < 4.78 is 0. The summed E-state index contributed by atoms with van der Waals surface area (Å²) in [6.07, 6.45) is 13.6. The van der Waals surface area contributed by atoms with E-state index in [4.69, 9.17) is 11.6 Å². The first-order valence-electron chi connectivity index (χ1n) is 10.4. The Morgan fingerprint density at radius 1 is 1.31 bits per heavy atom. The number of hydrogen-bond donors (Lipinski definition) is 1. The fraction of sp³-hybridized carbons (Fsp3) is 0.773. The molecule has 4 atom stereocenters. The molecule has 2 aliphatic rings. The third-order valence-corrected chi connectivity index (χ3v) is 8.61. The highest BCUT2D eigenvalue weighted by Crippen LogP contribution is 2.46. The topological polar surface area (TPSA) is 37.3 Å². The molecule has 2 nitrogen and oxygen atoms in total. The maximum atomic E-state index is 10.8. The SMILES string of the molecule is CC1(C(O)CCCC2C(Cl)CC[C@@H]2CCCc2ccc(C=O)s2)CCC1. The summed E-state index contributed by atoms with van der Waals surface area (Å²) in [7, 11) is 0. The van der Waals surface area contributed by atoms with Crippen LogP contribution in [-0.4, -0.2) is 22.9 Å². The van der Waals surface area contributed by atoms with Crippen LogP contribution in [0.2, 0.25) is 0 Å². The second kappa shape index (κ2) is 9.21. The number of carbonyl (C=O) groups excluding carboxylic acids is 1. The molecule has 0 bridgehead atoms. The van der Waals surface area contributed by atoms with E-state index in [0.717, 1.165) is 42.8 Å². The van der Waals surface area contributed by atoms with E-state index in [1.807, 2.05) is 6.07 Å². The molecule has 2 saturated carbocycles. The lowest BCUT2D eigenvalue weighted by Gasteiger charge is -2.42. The molecule has 146 valence electrons. The number of halogens is 1. The zero-order valence-electron chi connectivity index (χ0n) is 16.0. The zero-order chi connectivity index (χ0) is 18.6. The zero-order valence-corrected chi connectivity index (χ0v) is 17.5. The molecular formula is C22H33ClO2S. The quantitative estimate of drug-likeness (QED) is 0.375. The number of thiophene rings is 1. The average Bonchev–Trinajstić information content (AvgIpc) is 3.20. The van der Waals surface area contributed by atoms with Gasteiger partial charge in [0.15, 0.2) is 6.29 Å². The molecule has 2 fully saturated rings. The summed E-state index contributed by atoms with van der Waals surface area (Å²) in [5.41, 5.74) is 0.191. The highest BCUT2D eigenvalue weighted by atomic mass is 35.5. The van der Waals surface area contributed by atoms with Crippen LogP contribution in [0, 0.1) is 17.3 Å². The van der Waals surface area contributed by atoms with Gasteiger partial charge in [-0.15, -0.1) is 22.9 Å². The second-order valence-corrected chi connectivity index (χ2v) is 10.5. The maximum Gasteiger partial charge on any atom is 0.160 e. The van der Waals surface area contributed by atoms with Crippen molar-refractivity contribution in [3.63, 3.8) is 0 Å². The molecule has 0 spiro atoms. The Morgan fingerprint density at radius 3 is 2.77 bits per heavy atom. The van der Waals surface area contributed by atoms with Crippen molar-refractivity contribution in [2.24, 2.45) is 17.3 Å². The molecule has 0 radical (unpaired) electrons. The van der Waals surface area contributed by atoms with E-state index in [1.165, 1.54) is 49.8 Å². The van der Waals surface area contributed by atoms with E-state index < -0.39 is 0 Å². The van der Waals surface area contributed by atoms with Crippen LogP contribution in [0.25, 0.3) is 0 Å². The number of alkyl halides is 1. The van der Waals surface area contributed by atoms with E-state index in [0.29, 0.717) is 11.3 Å². The van der Waals surface area contributed by atoms with Crippen molar-refractivity contribution in [2.75, 3.05) is 0 Å². The third-order valence-electron chi connectivity index (χ3n) is 7.00. The minimum Gasteiger partial charge on any atom is -0.393 e. The fourth-order valence-corrected chi connectivity index (χ4v) is 6.29. The number of rotatable bonds is 10. The Labute approximate surface area is 167 Å². The van der Waals surface area contributed by atoms with Gasteiger partial charge in [-0.25, -0.2) is 0 Å². The second-order valence-electron chi connectivity index (χ2n) is 8.79. The van der Waals surface area contributed by atoms with Crippen LogP contribution in [-0.2, 0) is 6.42 Å². The summed E-state index contributed by atoms with van der Waals surface area (Å²) in [5.74, 6) is 1.35. The lowest BCUT2D eigenvalue weighted by Crippen LogP contribution is -2.38. The Hall–Kier alpha value is -0.380. The van der Waals surface area contributed by atoms with Gasteiger partial charge in [0.25, 0.3) is 0 Å². The summed E-state index contributed by atoms with van der Waals surface area (Å²) in [4.78, 5) is 12.9. The van der Waals surface area contributed by atoms with E-state index in [2.05, 4.69) is 13.0 Å². The molecule has 3 rings (SSSR count). The van der Waals surface area contributed by atoms with E-state index in [9.17, 15) is 9.90 Å². The highest BCUT2D eigenvalue weighted by Gasteiger charge is 2.39. The first-order valence-corrected chi connectivity index (χ1v) is 11.6. The van der Waals surface area contributed by atoms with Crippen LogP contribution >= 0.6 is 22.9 Å². The van der Waals surface area contributed by atoms with Crippen molar-refractivity contribution in [3.05, 3.63) is 21.9 Å². The monoisotopic (exact) mass is 396 g/mol. The maximum absolute atomic E-state index is 10.8. The minimum absolute atomic E-state index is 0.129. The molecular weight excluding hydrogens is 364 g/mol. The molecule has 1 aromatic heterocycles. The van der Waals surface area contributed by atoms with Gasteiger partial charge >= 0.3 is 0 Å². The first kappa shape index (κ1) is 20.4. The third kappa shape index (κ3) is 4.91. The van der Waals surface area contributed by atoms with Gasteiger partial charge in [-0.2, -0.15) is 0 Å². The Morgan fingerprint density at radius 2 is 2.12 bits per heavy atom. The largest absolute Gasteiger partial charge is 0.393 e. The smallest absolute Gasteiger partial charge is 0.160 e. The van der Waals surface area contributed by atoms with Crippen LogP contribution < -0.4 is 0 Å². The summed E-state index contributed by atoms with van der Waals surface area (Å²) in [6.45, 7) is 2.24. The molecule has 1 N–H and O–H groups in total. The average molecular weight is 397 g/mol. The van der Waals surface area contributed by atoms with Crippen molar-refractivity contribution in [2.45, 2.75) is 89.0 Å². The Kier molecular flexibility index (Phi) is 7.21. The number of carbonyl (C=O) groups is 1. The van der Waals surface area contributed by atoms with Crippen molar-refractivity contribution < 1.29 is 9.90 Å². The minimum atomic E-state index is -0.129. The van der Waals surface area contributed by atoms with Gasteiger partial charge < -0.3 is 5.11 Å². The molecule has 0 aliphatic heterocycles. The number of hydrogen-bond acceptors (Lipinski definition) is 3.